The van der Waals surface area contributed by atoms with Crippen LogP contribution in [0.5, 0.6) is 0 Å². The van der Waals surface area contributed by atoms with Crippen molar-refractivity contribution < 1.29 is 4.79 Å². The Morgan fingerprint density at radius 3 is 2.81 bits per heavy atom. The number of carbonyl (C=O) groups excluding carboxylic acids is 1. The van der Waals surface area contributed by atoms with E-state index >= 15 is 0 Å². The van der Waals surface area contributed by atoms with Crippen LogP contribution in [0, 0.1) is 3.57 Å². The highest BCUT2D eigenvalue weighted by Gasteiger charge is 2.33. The Hall–Kier alpha value is -1.89. The Balaban J connectivity index is 1.74. The summed E-state index contributed by atoms with van der Waals surface area (Å²) in [6.45, 7) is 6.83. The minimum absolute atomic E-state index is 0.156. The molecule has 0 spiro atoms. The molecule has 26 heavy (non-hydrogen) atoms. The number of nitrogens with one attached hydrogen (secondary N) is 1. The van der Waals surface area contributed by atoms with E-state index in [9.17, 15) is 4.79 Å². The predicted molar refractivity (Wildman–Crippen MR) is 116 cm³/mol. The van der Waals surface area contributed by atoms with Gasteiger partial charge in [-0.2, -0.15) is 5.10 Å². The predicted octanol–water partition coefficient (Wildman–Crippen LogP) is 4.78. The molecule has 0 fully saturated rings. The zero-order valence-corrected chi connectivity index (χ0v) is 17.7. The number of benzene rings is 2. The second-order valence-corrected chi connectivity index (χ2v) is 8.75. The summed E-state index contributed by atoms with van der Waals surface area (Å²) < 4.78 is 1.02. The number of fused-ring (bicyclic) bond motifs is 1. The van der Waals surface area contributed by atoms with E-state index in [0.29, 0.717) is 11.5 Å². The summed E-state index contributed by atoms with van der Waals surface area (Å²) in [7, 11) is 2.15. The number of hydrogen-bond acceptors (Lipinski definition) is 3. The summed E-state index contributed by atoms with van der Waals surface area (Å²) >= 11 is 2.19. The van der Waals surface area contributed by atoms with Crippen molar-refractivity contribution in [2.45, 2.75) is 38.6 Å². The van der Waals surface area contributed by atoms with Gasteiger partial charge >= 0.3 is 0 Å². The van der Waals surface area contributed by atoms with Crippen molar-refractivity contribution >= 4 is 40.4 Å². The third-order valence-corrected chi connectivity index (χ3v) is 5.80. The van der Waals surface area contributed by atoms with Crippen LogP contribution in [-0.4, -0.2) is 24.7 Å². The van der Waals surface area contributed by atoms with Gasteiger partial charge in [0.05, 0.1) is 6.21 Å². The normalized spacial score (nSPS) is 18.7. The van der Waals surface area contributed by atoms with E-state index in [0.717, 1.165) is 15.6 Å². The van der Waals surface area contributed by atoms with Gasteiger partial charge in [-0.1, -0.05) is 19.1 Å². The van der Waals surface area contributed by atoms with Crippen molar-refractivity contribution in [1.82, 2.24) is 5.43 Å². The lowest BCUT2D eigenvalue weighted by molar-refractivity contribution is 0.0955. The summed E-state index contributed by atoms with van der Waals surface area (Å²) in [5.74, 6) is 0.290. The van der Waals surface area contributed by atoms with Crippen LogP contribution in [0.3, 0.4) is 0 Å². The molecule has 1 amide bonds. The molecule has 0 radical (unpaired) electrons. The van der Waals surface area contributed by atoms with Crippen LogP contribution in [-0.2, 0) is 0 Å². The number of anilines is 1. The van der Waals surface area contributed by atoms with Crippen LogP contribution < -0.4 is 10.3 Å². The minimum atomic E-state index is -0.201. The van der Waals surface area contributed by atoms with Crippen LogP contribution in [0.15, 0.2) is 47.6 Å². The zero-order valence-electron chi connectivity index (χ0n) is 15.6. The van der Waals surface area contributed by atoms with Crippen molar-refractivity contribution in [2.75, 3.05) is 11.9 Å². The third kappa shape index (κ3) is 3.92. The lowest BCUT2D eigenvalue weighted by atomic mass is 9.80. The molecule has 136 valence electrons. The lowest BCUT2D eigenvalue weighted by Crippen LogP contribution is -2.45. The summed E-state index contributed by atoms with van der Waals surface area (Å²) in [5.41, 5.74) is 6.97. The molecule has 0 saturated carbocycles. The number of amides is 1. The fourth-order valence-corrected chi connectivity index (χ4v) is 4.08. The maximum absolute atomic E-state index is 12.2. The molecule has 0 saturated heterocycles. The summed E-state index contributed by atoms with van der Waals surface area (Å²) in [6, 6.07) is 13.8. The Morgan fingerprint density at radius 2 is 2.08 bits per heavy atom. The van der Waals surface area contributed by atoms with Crippen molar-refractivity contribution in [2.24, 2.45) is 5.10 Å². The van der Waals surface area contributed by atoms with E-state index in [1.165, 1.54) is 11.3 Å². The van der Waals surface area contributed by atoms with Gasteiger partial charge in [-0.3, -0.25) is 4.79 Å². The fraction of sp³-hybridized carbons (Fsp3) is 0.333. The third-order valence-electron chi connectivity index (χ3n) is 5.12. The maximum atomic E-state index is 12.2. The maximum Gasteiger partial charge on any atom is 0.271 e. The molecular formula is C21H24IN3O. The Labute approximate surface area is 168 Å². The highest BCUT2D eigenvalue weighted by Crippen LogP contribution is 2.42. The molecule has 5 heteroatoms. The molecule has 1 N–H and O–H groups in total. The van der Waals surface area contributed by atoms with E-state index in [1.807, 2.05) is 24.3 Å². The monoisotopic (exact) mass is 461 g/mol. The van der Waals surface area contributed by atoms with Crippen LogP contribution in [0.1, 0.15) is 54.6 Å². The van der Waals surface area contributed by atoms with Crippen LogP contribution in [0.25, 0.3) is 0 Å². The largest absolute Gasteiger partial charge is 0.369 e. The van der Waals surface area contributed by atoms with Crippen LogP contribution >= 0.6 is 22.6 Å². The number of rotatable bonds is 3. The SMILES string of the molecule is C[C@@H]1CC(C)(C)N(C)c2ccc(/C=N\NC(=O)c3cccc(I)c3)cc21. The van der Waals surface area contributed by atoms with Gasteiger partial charge in [0, 0.05) is 27.4 Å². The van der Waals surface area contributed by atoms with Gasteiger partial charge in [-0.25, -0.2) is 5.43 Å². The van der Waals surface area contributed by atoms with Gasteiger partial charge in [0.25, 0.3) is 5.91 Å². The number of hydrogen-bond donors (Lipinski definition) is 1. The molecule has 0 aliphatic carbocycles. The molecule has 2 aromatic carbocycles. The topological polar surface area (TPSA) is 44.7 Å². The van der Waals surface area contributed by atoms with E-state index in [-0.39, 0.29) is 11.4 Å². The first kappa shape index (κ1) is 18.9. The summed E-state index contributed by atoms with van der Waals surface area (Å²) in [6.07, 6.45) is 2.82. The number of halogens is 1. The molecule has 1 atom stereocenters. The molecule has 3 rings (SSSR count). The van der Waals surface area contributed by atoms with E-state index in [2.05, 4.69) is 78.0 Å². The molecule has 4 nitrogen and oxygen atoms in total. The van der Waals surface area contributed by atoms with Gasteiger partial charge in [0.15, 0.2) is 0 Å². The number of carbonyl (C=O) groups is 1. The average molecular weight is 461 g/mol. The molecule has 2 aromatic rings. The standard InChI is InChI=1S/C21H24IN3O/c1-14-12-21(2,3)25(4)19-9-8-15(10-18(14)19)13-23-24-20(26)16-6-5-7-17(22)11-16/h5-11,13-14H,12H2,1-4H3,(H,24,26)/b23-13-/t14-/m1/s1. The van der Waals surface area contributed by atoms with Gasteiger partial charge in [0.1, 0.15) is 0 Å². The van der Waals surface area contributed by atoms with Crippen LogP contribution in [0.4, 0.5) is 5.69 Å². The molecule has 0 aromatic heterocycles. The summed E-state index contributed by atoms with van der Waals surface area (Å²) in [5, 5.41) is 4.13. The Bertz CT molecular complexity index is 860. The second kappa shape index (κ2) is 7.39. The Kier molecular flexibility index (Phi) is 5.37. The molecule has 1 heterocycles. The van der Waals surface area contributed by atoms with E-state index < -0.39 is 0 Å². The molecule has 1 aliphatic rings. The smallest absolute Gasteiger partial charge is 0.271 e. The van der Waals surface area contributed by atoms with Crippen molar-refractivity contribution in [3.63, 3.8) is 0 Å². The lowest BCUT2D eigenvalue weighted by Gasteiger charge is -2.45. The molecule has 0 unspecified atom stereocenters. The van der Waals surface area contributed by atoms with Crippen molar-refractivity contribution in [1.29, 1.82) is 0 Å². The van der Waals surface area contributed by atoms with Crippen molar-refractivity contribution in [3.05, 3.63) is 62.7 Å². The number of nitrogens with zero attached hydrogens (tertiary/aromatic N) is 2. The first-order valence-corrected chi connectivity index (χ1v) is 9.82. The van der Waals surface area contributed by atoms with Gasteiger partial charge in [-0.05, 0) is 90.2 Å². The second-order valence-electron chi connectivity index (χ2n) is 7.50. The highest BCUT2D eigenvalue weighted by atomic mass is 127. The number of hydrazone groups is 1. The van der Waals surface area contributed by atoms with Gasteiger partial charge < -0.3 is 4.90 Å². The quantitative estimate of drug-likeness (QED) is 0.407. The van der Waals surface area contributed by atoms with Crippen molar-refractivity contribution in [3.8, 4) is 0 Å². The molecule has 0 bridgehead atoms. The van der Waals surface area contributed by atoms with Gasteiger partial charge in [0.2, 0.25) is 0 Å². The first-order valence-electron chi connectivity index (χ1n) is 8.75. The zero-order chi connectivity index (χ0) is 18.9. The fourth-order valence-electron chi connectivity index (χ4n) is 3.54. The molecular weight excluding hydrogens is 437 g/mol. The minimum Gasteiger partial charge on any atom is -0.369 e. The van der Waals surface area contributed by atoms with E-state index in [4.69, 9.17) is 0 Å². The van der Waals surface area contributed by atoms with Gasteiger partial charge in [-0.15, -0.1) is 0 Å². The Morgan fingerprint density at radius 1 is 1.31 bits per heavy atom. The molecule has 1 aliphatic heterocycles. The first-order chi connectivity index (χ1) is 12.3. The summed E-state index contributed by atoms with van der Waals surface area (Å²) in [4.78, 5) is 14.5. The average Bonchev–Trinajstić information content (AvgIpc) is 2.59. The highest BCUT2D eigenvalue weighted by molar-refractivity contribution is 14.1. The van der Waals surface area contributed by atoms with Crippen LogP contribution in [0.2, 0.25) is 0 Å². The van der Waals surface area contributed by atoms with E-state index in [1.54, 1.807) is 12.3 Å².